The second-order valence-electron chi connectivity index (χ2n) is 6.23. The van der Waals surface area contributed by atoms with Gasteiger partial charge in [-0.1, -0.05) is 0 Å². The predicted molar refractivity (Wildman–Crippen MR) is 93.3 cm³/mol. The van der Waals surface area contributed by atoms with Gasteiger partial charge in [-0.15, -0.1) is 0 Å². The number of aryl methyl sites for hydroxylation is 3. The maximum absolute atomic E-state index is 12.5. The van der Waals surface area contributed by atoms with Gasteiger partial charge < -0.3 is 15.4 Å². The number of methoxy groups -OCH3 is 1. The van der Waals surface area contributed by atoms with Gasteiger partial charge in [0.2, 0.25) is 5.91 Å². The van der Waals surface area contributed by atoms with Gasteiger partial charge in [0.05, 0.1) is 24.4 Å². The molecule has 0 unspecified atom stereocenters. The molecule has 7 nitrogen and oxygen atoms in total. The molecular formula is C18H22N4O3. The van der Waals surface area contributed by atoms with Crippen molar-refractivity contribution in [1.29, 1.82) is 0 Å². The van der Waals surface area contributed by atoms with E-state index in [-0.39, 0.29) is 17.9 Å². The second kappa shape index (κ2) is 7.06. The zero-order chi connectivity index (χ0) is 18.0. The van der Waals surface area contributed by atoms with E-state index in [2.05, 4.69) is 15.7 Å². The van der Waals surface area contributed by atoms with Crippen LogP contribution in [0.3, 0.4) is 0 Å². The number of nitrogens with zero attached hydrogens (tertiary/aromatic N) is 2. The lowest BCUT2D eigenvalue weighted by atomic mass is 10.0. The second-order valence-corrected chi connectivity index (χ2v) is 6.23. The highest BCUT2D eigenvalue weighted by molar-refractivity contribution is 5.97. The fourth-order valence-corrected chi connectivity index (χ4v) is 2.96. The van der Waals surface area contributed by atoms with E-state index in [1.807, 2.05) is 24.7 Å². The number of hydrogen-bond donors (Lipinski definition) is 2. The Kier molecular flexibility index (Phi) is 4.85. The number of fused-ring (bicyclic) bond motifs is 1. The summed E-state index contributed by atoms with van der Waals surface area (Å²) in [5.74, 6) is -0.448. The van der Waals surface area contributed by atoms with Crippen molar-refractivity contribution in [2.24, 2.45) is 7.05 Å². The van der Waals surface area contributed by atoms with Gasteiger partial charge in [0.1, 0.15) is 0 Å². The third-order valence-corrected chi connectivity index (χ3v) is 4.50. The zero-order valence-corrected chi connectivity index (χ0v) is 14.6. The Labute approximate surface area is 146 Å². The Morgan fingerprint density at radius 2 is 2.24 bits per heavy atom. The topological polar surface area (TPSA) is 85.2 Å². The van der Waals surface area contributed by atoms with Crippen molar-refractivity contribution in [3.05, 3.63) is 46.8 Å². The van der Waals surface area contributed by atoms with Gasteiger partial charge in [0, 0.05) is 25.0 Å². The number of anilines is 1. The molecule has 1 aliphatic rings. The molecule has 1 aromatic heterocycles. The van der Waals surface area contributed by atoms with Gasteiger partial charge in [0.25, 0.3) is 0 Å². The number of carbonyl (C=O) groups is 2. The van der Waals surface area contributed by atoms with Crippen LogP contribution in [0.15, 0.2) is 24.3 Å². The van der Waals surface area contributed by atoms with Gasteiger partial charge in [-0.3, -0.25) is 9.48 Å². The van der Waals surface area contributed by atoms with Crippen molar-refractivity contribution >= 4 is 17.6 Å². The third-order valence-electron chi connectivity index (χ3n) is 4.50. The highest BCUT2D eigenvalue weighted by atomic mass is 16.5. The molecule has 2 heterocycles. The molecule has 0 aliphatic carbocycles. The third kappa shape index (κ3) is 3.71. The van der Waals surface area contributed by atoms with Gasteiger partial charge in [-0.05, 0) is 49.6 Å². The van der Waals surface area contributed by atoms with Crippen LogP contribution >= 0.6 is 0 Å². The van der Waals surface area contributed by atoms with Gasteiger partial charge in [0.15, 0.2) is 0 Å². The molecule has 3 rings (SSSR count). The van der Waals surface area contributed by atoms with E-state index in [1.54, 1.807) is 18.2 Å². The van der Waals surface area contributed by atoms with Crippen molar-refractivity contribution in [2.75, 3.05) is 12.4 Å². The van der Waals surface area contributed by atoms with Gasteiger partial charge in [-0.25, -0.2) is 4.79 Å². The van der Waals surface area contributed by atoms with Crippen LogP contribution in [0, 0.1) is 6.92 Å². The molecule has 1 amide bonds. The first-order chi connectivity index (χ1) is 12.0. The SMILES string of the molecule is COC(=O)c1ccc2c(c1)CC[C@H](NCc1cc(C)n(C)n1)C(=O)N2. The summed E-state index contributed by atoms with van der Waals surface area (Å²) >= 11 is 0. The van der Waals surface area contributed by atoms with Crippen LogP contribution in [-0.4, -0.2) is 34.8 Å². The highest BCUT2D eigenvalue weighted by Crippen LogP contribution is 2.24. The Morgan fingerprint density at radius 3 is 2.92 bits per heavy atom. The molecule has 132 valence electrons. The van der Waals surface area contributed by atoms with E-state index in [0.29, 0.717) is 24.9 Å². The number of nitrogens with one attached hydrogen (secondary N) is 2. The van der Waals surface area contributed by atoms with Crippen LogP contribution in [0.25, 0.3) is 0 Å². The van der Waals surface area contributed by atoms with Crippen molar-refractivity contribution < 1.29 is 14.3 Å². The molecule has 2 N–H and O–H groups in total. The number of aromatic nitrogens is 2. The first-order valence-electron chi connectivity index (χ1n) is 8.23. The molecule has 25 heavy (non-hydrogen) atoms. The lowest BCUT2D eigenvalue weighted by Gasteiger charge is -2.14. The minimum atomic E-state index is -0.376. The summed E-state index contributed by atoms with van der Waals surface area (Å²) in [6.45, 7) is 2.52. The fourth-order valence-electron chi connectivity index (χ4n) is 2.96. The Balaban J connectivity index is 1.69. The molecule has 2 aromatic rings. The summed E-state index contributed by atoms with van der Waals surface area (Å²) in [5, 5.41) is 10.6. The molecule has 7 heteroatoms. The molecule has 0 saturated heterocycles. The summed E-state index contributed by atoms with van der Waals surface area (Å²) in [4.78, 5) is 24.1. The summed E-state index contributed by atoms with van der Waals surface area (Å²) in [6, 6.07) is 6.89. The van der Waals surface area contributed by atoms with Crippen LogP contribution in [0.4, 0.5) is 5.69 Å². The summed E-state index contributed by atoms with van der Waals surface area (Å²) in [6.07, 6.45) is 1.34. The predicted octanol–water partition coefficient (Wildman–Crippen LogP) is 1.56. The smallest absolute Gasteiger partial charge is 0.337 e. The number of ether oxygens (including phenoxy) is 1. The molecule has 0 radical (unpaired) electrons. The van der Waals surface area contributed by atoms with Crippen molar-refractivity contribution in [3.8, 4) is 0 Å². The maximum atomic E-state index is 12.5. The molecule has 1 aliphatic heterocycles. The van der Waals surface area contributed by atoms with Crippen LogP contribution < -0.4 is 10.6 Å². The van der Waals surface area contributed by atoms with E-state index >= 15 is 0 Å². The van der Waals surface area contributed by atoms with Gasteiger partial charge in [-0.2, -0.15) is 5.10 Å². The van der Waals surface area contributed by atoms with E-state index < -0.39 is 0 Å². The Morgan fingerprint density at radius 1 is 1.44 bits per heavy atom. The summed E-state index contributed by atoms with van der Waals surface area (Å²) in [5.41, 5.74) is 4.16. The molecular weight excluding hydrogens is 320 g/mol. The number of carbonyl (C=O) groups excluding carboxylic acids is 2. The van der Waals surface area contributed by atoms with Crippen LogP contribution in [-0.2, 0) is 29.5 Å². The number of benzene rings is 1. The average molecular weight is 342 g/mol. The number of esters is 1. The van der Waals surface area contributed by atoms with Crippen LogP contribution in [0.5, 0.6) is 0 Å². The van der Waals surface area contributed by atoms with E-state index in [4.69, 9.17) is 4.74 Å². The van der Waals surface area contributed by atoms with E-state index in [1.165, 1.54) is 7.11 Å². The van der Waals surface area contributed by atoms with E-state index in [9.17, 15) is 9.59 Å². The Bertz CT molecular complexity index is 793. The first kappa shape index (κ1) is 17.2. The molecule has 0 spiro atoms. The monoisotopic (exact) mass is 342 g/mol. The lowest BCUT2D eigenvalue weighted by Crippen LogP contribution is -2.39. The largest absolute Gasteiger partial charge is 0.465 e. The molecule has 1 atom stereocenters. The number of hydrogen-bond acceptors (Lipinski definition) is 5. The summed E-state index contributed by atoms with van der Waals surface area (Å²) in [7, 11) is 3.25. The number of amides is 1. The van der Waals surface area contributed by atoms with Crippen molar-refractivity contribution in [1.82, 2.24) is 15.1 Å². The molecule has 1 aromatic carbocycles. The van der Waals surface area contributed by atoms with Crippen LogP contribution in [0.2, 0.25) is 0 Å². The fraction of sp³-hybridized carbons (Fsp3) is 0.389. The first-order valence-corrected chi connectivity index (χ1v) is 8.23. The standard InChI is InChI=1S/C18H22N4O3/c1-11-8-14(21-22(11)2)10-19-16-7-4-12-9-13(18(24)25-3)5-6-15(12)20-17(16)23/h5-6,8-9,16,19H,4,7,10H2,1-3H3,(H,20,23)/t16-/m0/s1. The minimum Gasteiger partial charge on any atom is -0.465 e. The molecule has 0 saturated carbocycles. The van der Waals surface area contributed by atoms with Gasteiger partial charge >= 0.3 is 5.97 Å². The van der Waals surface area contributed by atoms with E-state index in [0.717, 1.165) is 22.6 Å². The normalized spacial score (nSPS) is 16.8. The quantitative estimate of drug-likeness (QED) is 0.824. The van der Waals surface area contributed by atoms with Crippen molar-refractivity contribution in [2.45, 2.75) is 32.4 Å². The summed E-state index contributed by atoms with van der Waals surface area (Å²) < 4.78 is 6.57. The maximum Gasteiger partial charge on any atom is 0.337 e. The minimum absolute atomic E-state index is 0.0720. The van der Waals surface area contributed by atoms with Crippen molar-refractivity contribution in [3.63, 3.8) is 0 Å². The highest BCUT2D eigenvalue weighted by Gasteiger charge is 2.24. The zero-order valence-electron chi connectivity index (χ0n) is 14.6. The van der Waals surface area contributed by atoms with Crippen LogP contribution in [0.1, 0.15) is 33.7 Å². The Hall–Kier alpha value is -2.67. The molecule has 0 fully saturated rings. The lowest BCUT2D eigenvalue weighted by molar-refractivity contribution is -0.118. The number of rotatable bonds is 4. The average Bonchev–Trinajstić information content (AvgIpc) is 2.83. The molecule has 0 bridgehead atoms.